The lowest BCUT2D eigenvalue weighted by molar-refractivity contribution is -0.111. The summed E-state index contributed by atoms with van der Waals surface area (Å²) in [5, 5.41) is 19.0. The molecule has 5 heterocycles. The third-order valence-electron chi connectivity index (χ3n) is 5.45. The Kier molecular flexibility index (Phi) is 5.32. The molecule has 1 atom stereocenters. The molecule has 1 saturated heterocycles. The van der Waals surface area contributed by atoms with Gasteiger partial charge in [-0.05, 0) is 19.1 Å². The fourth-order valence-electron chi connectivity index (χ4n) is 3.77. The van der Waals surface area contributed by atoms with Gasteiger partial charge in [0.05, 0.1) is 36.6 Å². The van der Waals surface area contributed by atoms with Crippen molar-refractivity contribution in [3.63, 3.8) is 0 Å². The second-order valence-electron chi connectivity index (χ2n) is 8.64. The van der Waals surface area contributed by atoms with Crippen molar-refractivity contribution in [1.29, 1.82) is 0 Å². The van der Waals surface area contributed by atoms with E-state index in [2.05, 4.69) is 32.2 Å². The van der Waals surface area contributed by atoms with E-state index in [1.807, 2.05) is 23.0 Å². The molecule has 1 aliphatic heterocycles. The summed E-state index contributed by atoms with van der Waals surface area (Å²) in [5.41, 5.74) is 3.99. The maximum absolute atomic E-state index is 9.56. The first kappa shape index (κ1) is 20.9. The van der Waals surface area contributed by atoms with E-state index in [0.29, 0.717) is 30.7 Å². The van der Waals surface area contributed by atoms with Crippen molar-refractivity contribution >= 4 is 28.6 Å². The van der Waals surface area contributed by atoms with Gasteiger partial charge in [0, 0.05) is 53.3 Å². The Bertz CT molecular complexity index is 1260. The quantitative estimate of drug-likeness (QED) is 0.393. The van der Waals surface area contributed by atoms with Crippen molar-refractivity contribution in [1.82, 2.24) is 29.7 Å². The van der Waals surface area contributed by atoms with Crippen LogP contribution >= 0.6 is 11.6 Å². The molecule has 0 bridgehead atoms. The first-order chi connectivity index (χ1) is 15.4. The number of nitrogens with one attached hydrogen (secondary N) is 2. The summed E-state index contributed by atoms with van der Waals surface area (Å²) in [7, 11) is 0. The van der Waals surface area contributed by atoms with Crippen LogP contribution in [0, 0.1) is 5.41 Å². The molecule has 0 amide bonds. The summed E-state index contributed by atoms with van der Waals surface area (Å²) in [6, 6.07) is 3.83. The molecule has 1 aliphatic rings. The average molecular weight is 454 g/mol. The zero-order valence-electron chi connectivity index (χ0n) is 17.8. The molecule has 32 heavy (non-hydrogen) atoms. The van der Waals surface area contributed by atoms with Gasteiger partial charge in [-0.15, -0.1) is 0 Å². The van der Waals surface area contributed by atoms with Crippen LogP contribution < -0.4 is 5.32 Å². The molecule has 4 aromatic rings. The molecule has 0 spiro atoms. The van der Waals surface area contributed by atoms with E-state index >= 15 is 0 Å². The molecule has 0 aromatic carbocycles. The smallest absolute Gasteiger partial charge is 0.223 e. The lowest BCUT2D eigenvalue weighted by Gasteiger charge is -2.37. The molecule has 0 radical (unpaired) electrons. The lowest BCUT2D eigenvalue weighted by Crippen LogP contribution is -2.43. The molecule has 4 aromatic heterocycles. The minimum atomic E-state index is -0.505. The van der Waals surface area contributed by atoms with E-state index in [0.717, 1.165) is 40.1 Å². The summed E-state index contributed by atoms with van der Waals surface area (Å²) >= 11 is 6.33. The van der Waals surface area contributed by atoms with Gasteiger partial charge in [-0.25, -0.2) is 15.0 Å². The average Bonchev–Trinajstić information content (AvgIpc) is 3.35. The number of ether oxygens (including phenoxy) is 1. The van der Waals surface area contributed by atoms with Crippen LogP contribution in [0.4, 0.5) is 5.95 Å². The van der Waals surface area contributed by atoms with Gasteiger partial charge in [-0.1, -0.05) is 18.5 Å². The minimum absolute atomic E-state index is 0.0579. The number of aliphatic hydroxyl groups excluding tert-OH is 1. The van der Waals surface area contributed by atoms with Crippen molar-refractivity contribution < 1.29 is 9.84 Å². The highest BCUT2D eigenvalue weighted by Gasteiger charge is 2.34. The van der Waals surface area contributed by atoms with Gasteiger partial charge in [0.1, 0.15) is 11.3 Å². The van der Waals surface area contributed by atoms with Gasteiger partial charge < -0.3 is 20.1 Å². The summed E-state index contributed by atoms with van der Waals surface area (Å²) in [4.78, 5) is 16.5. The van der Waals surface area contributed by atoms with Gasteiger partial charge in [-0.2, -0.15) is 5.10 Å². The van der Waals surface area contributed by atoms with E-state index in [1.165, 1.54) is 0 Å². The van der Waals surface area contributed by atoms with Gasteiger partial charge in [0.2, 0.25) is 5.95 Å². The zero-order chi connectivity index (χ0) is 22.3. The SMILES string of the molecule is CC(O)CNc1nccc(-c2cn(CC3(C)COC3)nc2-c2cnc3[nH]cc(Cl)c3c2)n1. The first-order valence-electron chi connectivity index (χ1n) is 10.4. The third kappa shape index (κ3) is 4.06. The lowest BCUT2D eigenvalue weighted by atomic mass is 9.89. The van der Waals surface area contributed by atoms with Crippen LogP contribution in [-0.4, -0.2) is 60.7 Å². The Hall–Kier alpha value is -3.01. The van der Waals surface area contributed by atoms with E-state index in [1.54, 1.807) is 25.5 Å². The Labute approximate surface area is 189 Å². The molecule has 1 fully saturated rings. The van der Waals surface area contributed by atoms with Crippen molar-refractivity contribution in [2.24, 2.45) is 5.41 Å². The number of halogens is 1. The monoisotopic (exact) mass is 453 g/mol. The number of rotatable bonds is 7. The Morgan fingerprint density at radius 2 is 2.22 bits per heavy atom. The number of aromatic nitrogens is 6. The predicted molar refractivity (Wildman–Crippen MR) is 122 cm³/mol. The molecule has 9 nitrogen and oxygen atoms in total. The topological polar surface area (TPSA) is 114 Å². The van der Waals surface area contributed by atoms with E-state index in [-0.39, 0.29) is 5.41 Å². The van der Waals surface area contributed by atoms with Crippen LogP contribution in [-0.2, 0) is 11.3 Å². The van der Waals surface area contributed by atoms with Crippen LogP contribution in [0.15, 0.2) is 36.9 Å². The summed E-state index contributed by atoms with van der Waals surface area (Å²) in [5.74, 6) is 0.448. The van der Waals surface area contributed by atoms with Crippen LogP contribution in [0.2, 0.25) is 5.02 Å². The third-order valence-corrected chi connectivity index (χ3v) is 5.76. The van der Waals surface area contributed by atoms with Crippen molar-refractivity contribution in [2.75, 3.05) is 25.1 Å². The Morgan fingerprint density at radius 3 is 2.97 bits per heavy atom. The number of nitrogens with zero attached hydrogens (tertiary/aromatic N) is 5. The number of fused-ring (bicyclic) bond motifs is 1. The van der Waals surface area contributed by atoms with Crippen LogP contribution in [0.3, 0.4) is 0 Å². The molecular weight excluding hydrogens is 430 g/mol. The number of aliphatic hydroxyl groups is 1. The highest BCUT2D eigenvalue weighted by atomic mass is 35.5. The number of aromatic amines is 1. The van der Waals surface area contributed by atoms with E-state index in [9.17, 15) is 5.11 Å². The molecule has 5 rings (SSSR count). The normalized spacial score (nSPS) is 16.1. The van der Waals surface area contributed by atoms with Gasteiger partial charge >= 0.3 is 0 Å². The maximum atomic E-state index is 9.56. The van der Waals surface area contributed by atoms with Gasteiger partial charge in [0.15, 0.2) is 0 Å². The number of H-pyrrole nitrogens is 1. The second kappa shape index (κ2) is 8.16. The molecule has 1 unspecified atom stereocenters. The standard InChI is InChI=1S/C22H24ClN7O2/c1-13(31)6-27-21-24-4-3-18(28-21)16-9-30(10-22(2)11-32-12-22)29-19(16)14-5-15-17(23)8-26-20(15)25-7-14/h3-5,7-9,13,31H,6,10-12H2,1-2H3,(H,25,26)(H,24,27,28). The maximum Gasteiger partial charge on any atom is 0.223 e. The van der Waals surface area contributed by atoms with Crippen LogP contribution in [0.5, 0.6) is 0 Å². The van der Waals surface area contributed by atoms with Crippen molar-refractivity contribution in [3.05, 3.63) is 41.9 Å². The summed E-state index contributed by atoms with van der Waals surface area (Å²) in [6.07, 6.45) is 6.70. The highest BCUT2D eigenvalue weighted by molar-refractivity contribution is 6.35. The molecule has 166 valence electrons. The highest BCUT2D eigenvalue weighted by Crippen LogP contribution is 2.35. The largest absolute Gasteiger partial charge is 0.392 e. The molecule has 3 N–H and O–H groups in total. The van der Waals surface area contributed by atoms with Gasteiger partial charge in [0.25, 0.3) is 0 Å². The Morgan fingerprint density at radius 1 is 1.38 bits per heavy atom. The summed E-state index contributed by atoms with van der Waals surface area (Å²) < 4.78 is 7.36. The van der Waals surface area contributed by atoms with Gasteiger partial charge in [-0.3, -0.25) is 4.68 Å². The molecule has 0 saturated carbocycles. The number of hydrogen-bond donors (Lipinski definition) is 3. The number of pyridine rings is 1. The molecule has 0 aliphatic carbocycles. The minimum Gasteiger partial charge on any atom is -0.392 e. The predicted octanol–water partition coefficient (Wildman–Crippen LogP) is 3.37. The van der Waals surface area contributed by atoms with Crippen molar-refractivity contribution in [2.45, 2.75) is 26.5 Å². The number of hydrogen-bond acceptors (Lipinski definition) is 7. The van der Waals surface area contributed by atoms with Crippen LogP contribution in [0.25, 0.3) is 33.5 Å². The molecule has 10 heteroatoms. The fourth-order valence-corrected chi connectivity index (χ4v) is 3.97. The summed E-state index contributed by atoms with van der Waals surface area (Å²) in [6.45, 7) is 6.42. The Balaban J connectivity index is 1.58. The van der Waals surface area contributed by atoms with Crippen LogP contribution in [0.1, 0.15) is 13.8 Å². The molecular formula is C22H24ClN7O2. The van der Waals surface area contributed by atoms with Crippen molar-refractivity contribution in [3.8, 4) is 22.5 Å². The van der Waals surface area contributed by atoms with E-state index in [4.69, 9.17) is 21.4 Å². The van der Waals surface area contributed by atoms with E-state index < -0.39 is 6.10 Å². The fraction of sp³-hybridized carbons (Fsp3) is 0.364. The zero-order valence-corrected chi connectivity index (χ0v) is 18.6. The second-order valence-corrected chi connectivity index (χ2v) is 9.05. The first-order valence-corrected chi connectivity index (χ1v) is 10.8. The number of anilines is 1.